The summed E-state index contributed by atoms with van der Waals surface area (Å²) >= 11 is 6.19. The summed E-state index contributed by atoms with van der Waals surface area (Å²) in [7, 11) is 0. The predicted molar refractivity (Wildman–Crippen MR) is 87.2 cm³/mol. The average Bonchev–Trinajstić information content (AvgIpc) is 2.88. The van der Waals surface area contributed by atoms with Crippen molar-refractivity contribution >= 4 is 40.5 Å². The second-order valence-corrected chi connectivity index (χ2v) is 9.09. The van der Waals surface area contributed by atoms with Gasteiger partial charge in [-0.15, -0.1) is 0 Å². The van der Waals surface area contributed by atoms with Crippen LogP contribution < -0.4 is 5.32 Å². The Bertz CT molecular complexity index is 307. The molecule has 18 heavy (non-hydrogen) atoms. The molecule has 1 saturated carbocycles. The number of nitrogens with one attached hydrogen (secondary N) is 1. The molecule has 0 bridgehead atoms. The van der Waals surface area contributed by atoms with E-state index in [1.165, 1.54) is 53.9 Å². The third-order valence-electron chi connectivity index (χ3n) is 4.10. The summed E-state index contributed by atoms with van der Waals surface area (Å²) in [6.07, 6.45) is 5.67. The zero-order valence-electron chi connectivity index (χ0n) is 10.8. The fraction of sp³-hybridized carbons (Fsp3) is 0.923. The number of thioether (sulfide) groups is 3. The summed E-state index contributed by atoms with van der Waals surface area (Å²) in [5.41, 5.74) is 0.575. The first-order chi connectivity index (χ1) is 8.86. The van der Waals surface area contributed by atoms with Crippen molar-refractivity contribution < 1.29 is 0 Å². The molecule has 5 heteroatoms. The molecule has 1 atom stereocenters. The third-order valence-corrected chi connectivity index (χ3v) is 8.25. The maximum absolute atomic E-state index is 4.80. The molecule has 0 aromatic heterocycles. The van der Waals surface area contributed by atoms with Gasteiger partial charge in [-0.1, -0.05) is 24.6 Å². The van der Waals surface area contributed by atoms with Crippen molar-refractivity contribution in [2.45, 2.75) is 30.9 Å². The van der Waals surface area contributed by atoms with Crippen LogP contribution in [0.15, 0.2) is 4.99 Å². The van der Waals surface area contributed by atoms with Crippen molar-refractivity contribution in [1.29, 1.82) is 0 Å². The molecular weight excluding hydrogens is 280 g/mol. The van der Waals surface area contributed by atoms with Crippen LogP contribution in [0.25, 0.3) is 0 Å². The molecule has 0 radical (unpaired) electrons. The molecule has 0 aromatic carbocycles. The summed E-state index contributed by atoms with van der Waals surface area (Å²) in [6.45, 7) is 2.19. The average molecular weight is 303 g/mol. The van der Waals surface area contributed by atoms with Gasteiger partial charge in [0.05, 0.1) is 0 Å². The smallest absolute Gasteiger partial charge is 0.156 e. The van der Waals surface area contributed by atoms with Gasteiger partial charge < -0.3 is 5.32 Å². The first-order valence-electron chi connectivity index (χ1n) is 6.97. The largest absolute Gasteiger partial charge is 0.364 e. The molecule has 2 aliphatic heterocycles. The van der Waals surface area contributed by atoms with Gasteiger partial charge in [-0.25, -0.2) is 0 Å². The van der Waals surface area contributed by atoms with Crippen molar-refractivity contribution in [3.63, 3.8) is 0 Å². The molecular formula is C13H22N2S3. The van der Waals surface area contributed by atoms with E-state index in [2.05, 4.69) is 28.8 Å². The monoisotopic (exact) mass is 302 g/mol. The normalized spacial score (nSPS) is 31.3. The molecule has 0 aromatic rings. The summed E-state index contributed by atoms with van der Waals surface area (Å²) in [5.74, 6) is 5.25. The number of hydrogen-bond donors (Lipinski definition) is 1. The van der Waals surface area contributed by atoms with E-state index >= 15 is 0 Å². The second-order valence-electron chi connectivity index (χ2n) is 5.57. The lowest BCUT2D eigenvalue weighted by atomic mass is 9.89. The topological polar surface area (TPSA) is 24.4 Å². The molecule has 0 amide bonds. The number of rotatable bonds is 2. The van der Waals surface area contributed by atoms with E-state index in [1.807, 2.05) is 11.8 Å². The Labute approximate surface area is 123 Å². The number of amidine groups is 1. The van der Waals surface area contributed by atoms with E-state index in [1.54, 1.807) is 0 Å². The zero-order valence-corrected chi connectivity index (χ0v) is 13.3. The minimum Gasteiger partial charge on any atom is -0.364 e. The summed E-state index contributed by atoms with van der Waals surface area (Å²) in [5, 5.41) is 5.57. The molecule has 1 unspecified atom stereocenters. The van der Waals surface area contributed by atoms with Crippen molar-refractivity contribution in [2.75, 3.05) is 36.1 Å². The van der Waals surface area contributed by atoms with Gasteiger partial charge >= 0.3 is 0 Å². The first-order valence-corrected chi connectivity index (χ1v) is 10.2. The van der Waals surface area contributed by atoms with Gasteiger partial charge in [0, 0.05) is 41.4 Å². The Morgan fingerprint density at radius 1 is 1.28 bits per heavy atom. The number of nitrogens with zero attached hydrogens (tertiary/aromatic N) is 1. The van der Waals surface area contributed by atoms with Crippen LogP contribution in [-0.4, -0.2) is 46.5 Å². The Balaban J connectivity index is 1.45. The van der Waals surface area contributed by atoms with Crippen LogP contribution in [-0.2, 0) is 0 Å². The van der Waals surface area contributed by atoms with E-state index in [9.17, 15) is 0 Å². The van der Waals surface area contributed by atoms with Crippen molar-refractivity contribution in [3.05, 3.63) is 0 Å². The van der Waals surface area contributed by atoms with Crippen LogP contribution in [0.3, 0.4) is 0 Å². The maximum Gasteiger partial charge on any atom is 0.156 e. The minimum atomic E-state index is 0.575. The molecule has 3 rings (SSSR count). The lowest BCUT2D eigenvalue weighted by Crippen LogP contribution is -2.37. The number of hydrogen-bond acceptors (Lipinski definition) is 5. The highest BCUT2D eigenvalue weighted by Gasteiger charge is 2.36. The Morgan fingerprint density at radius 3 is 2.83 bits per heavy atom. The molecule has 1 aliphatic carbocycles. The molecule has 2 heterocycles. The van der Waals surface area contributed by atoms with Gasteiger partial charge in [-0.05, 0) is 18.3 Å². The zero-order chi connectivity index (χ0) is 12.3. The Hall–Kier alpha value is 0.520. The quantitative estimate of drug-likeness (QED) is 0.847. The predicted octanol–water partition coefficient (Wildman–Crippen LogP) is 3.09. The van der Waals surface area contributed by atoms with Crippen LogP contribution in [0, 0.1) is 5.41 Å². The highest BCUT2D eigenvalue weighted by atomic mass is 32.2. The third kappa shape index (κ3) is 3.34. The van der Waals surface area contributed by atoms with E-state index in [4.69, 9.17) is 4.99 Å². The molecule has 1 N–H and O–H groups in total. The Morgan fingerprint density at radius 2 is 2.17 bits per heavy atom. The SMILES string of the molecule is C1CCC2(C1)CN=C(NCC1CSCCS1)SC2. The van der Waals surface area contributed by atoms with E-state index in [-0.39, 0.29) is 0 Å². The highest BCUT2D eigenvalue weighted by Crippen LogP contribution is 2.43. The Kier molecular flexibility index (Phi) is 4.74. The molecule has 1 saturated heterocycles. The van der Waals surface area contributed by atoms with Gasteiger partial charge in [0.15, 0.2) is 5.17 Å². The van der Waals surface area contributed by atoms with E-state index in [0.29, 0.717) is 5.41 Å². The van der Waals surface area contributed by atoms with Crippen LogP contribution >= 0.6 is 35.3 Å². The van der Waals surface area contributed by atoms with Gasteiger partial charge in [-0.3, -0.25) is 4.99 Å². The van der Waals surface area contributed by atoms with Crippen molar-refractivity contribution in [3.8, 4) is 0 Å². The number of aliphatic imine (C=N–C) groups is 1. The standard InChI is InChI=1S/C13H22N2S3/c1-2-4-13(3-1)9-15-12(18-10-13)14-7-11-8-16-5-6-17-11/h11H,1-10H2,(H,14,15). The molecule has 3 aliphatic rings. The van der Waals surface area contributed by atoms with Crippen LogP contribution in [0.1, 0.15) is 25.7 Å². The van der Waals surface area contributed by atoms with E-state index < -0.39 is 0 Å². The van der Waals surface area contributed by atoms with Crippen molar-refractivity contribution in [1.82, 2.24) is 5.32 Å². The first kappa shape index (κ1) is 13.5. The van der Waals surface area contributed by atoms with E-state index in [0.717, 1.165) is 18.3 Å². The van der Waals surface area contributed by atoms with Gasteiger partial charge in [-0.2, -0.15) is 23.5 Å². The van der Waals surface area contributed by atoms with Crippen LogP contribution in [0.5, 0.6) is 0 Å². The maximum atomic E-state index is 4.80. The summed E-state index contributed by atoms with van der Waals surface area (Å²) in [6, 6.07) is 0. The van der Waals surface area contributed by atoms with Gasteiger partial charge in [0.25, 0.3) is 0 Å². The van der Waals surface area contributed by atoms with Crippen LogP contribution in [0.4, 0.5) is 0 Å². The molecule has 2 fully saturated rings. The second kappa shape index (κ2) is 6.31. The molecule has 102 valence electrons. The van der Waals surface area contributed by atoms with Gasteiger partial charge in [0.1, 0.15) is 0 Å². The lowest BCUT2D eigenvalue weighted by molar-refractivity contribution is 0.358. The highest BCUT2D eigenvalue weighted by molar-refractivity contribution is 8.13. The van der Waals surface area contributed by atoms with Gasteiger partial charge in [0.2, 0.25) is 0 Å². The molecule has 2 nitrogen and oxygen atoms in total. The molecule has 1 spiro atoms. The summed E-state index contributed by atoms with van der Waals surface area (Å²) < 4.78 is 0. The minimum absolute atomic E-state index is 0.575. The fourth-order valence-corrected chi connectivity index (χ4v) is 6.72. The lowest BCUT2D eigenvalue weighted by Gasteiger charge is -2.31. The van der Waals surface area contributed by atoms with Crippen molar-refractivity contribution in [2.24, 2.45) is 10.4 Å². The summed E-state index contributed by atoms with van der Waals surface area (Å²) in [4.78, 5) is 4.80. The fourth-order valence-electron chi connectivity index (χ4n) is 2.94. The van der Waals surface area contributed by atoms with Crippen LogP contribution in [0.2, 0.25) is 0 Å².